The number of aromatic nitrogens is 4. The molecule has 36 heavy (non-hydrogen) atoms. The third-order valence-electron chi connectivity index (χ3n) is 7.01. The van der Waals surface area contributed by atoms with Gasteiger partial charge in [-0.1, -0.05) is 18.2 Å². The van der Waals surface area contributed by atoms with Gasteiger partial charge in [-0.05, 0) is 64.7 Å². The zero-order valence-corrected chi connectivity index (χ0v) is 22.0. The van der Waals surface area contributed by atoms with E-state index in [0.717, 1.165) is 54.4 Å². The van der Waals surface area contributed by atoms with Crippen LogP contribution >= 0.6 is 0 Å². The molecule has 1 saturated heterocycles. The molecule has 0 spiro atoms. The third-order valence-corrected chi connectivity index (χ3v) is 7.01. The Morgan fingerprint density at radius 3 is 2.33 bits per heavy atom. The summed E-state index contributed by atoms with van der Waals surface area (Å²) in [5.41, 5.74) is 5.87. The number of rotatable bonds is 8. The van der Waals surface area contributed by atoms with Crippen LogP contribution in [0.5, 0.6) is 0 Å². The van der Waals surface area contributed by atoms with Gasteiger partial charge >= 0.3 is 0 Å². The molecule has 9 heteroatoms. The Bertz CT molecular complexity index is 1220. The molecule has 9 nitrogen and oxygen atoms in total. The Balaban J connectivity index is 1.41. The molecule has 2 N–H and O–H groups in total. The third kappa shape index (κ3) is 5.29. The van der Waals surface area contributed by atoms with Crippen molar-refractivity contribution in [3.63, 3.8) is 0 Å². The maximum Gasteiger partial charge on any atom is 0.223 e. The number of nitrogens with one attached hydrogen (secondary N) is 2. The quantitative estimate of drug-likeness (QED) is 0.502. The zero-order chi connectivity index (χ0) is 25.8. The molecule has 3 aromatic rings. The van der Waals surface area contributed by atoms with Crippen LogP contribution in [0.4, 0.5) is 11.5 Å². The molecule has 1 aliphatic heterocycles. The van der Waals surface area contributed by atoms with Gasteiger partial charge in [0.1, 0.15) is 5.69 Å². The minimum Gasteiger partial charge on any atom is -0.356 e. The van der Waals surface area contributed by atoms with E-state index in [4.69, 9.17) is 5.10 Å². The van der Waals surface area contributed by atoms with E-state index in [-0.39, 0.29) is 17.7 Å². The second kappa shape index (κ2) is 11.0. The molecule has 2 aromatic heterocycles. The van der Waals surface area contributed by atoms with E-state index < -0.39 is 0 Å². The first-order valence-electron chi connectivity index (χ1n) is 12.8. The van der Waals surface area contributed by atoms with Crippen molar-refractivity contribution in [1.29, 1.82) is 0 Å². The summed E-state index contributed by atoms with van der Waals surface area (Å²) in [5, 5.41) is 15.4. The topological polar surface area (TPSA) is 97.1 Å². The molecule has 1 aliphatic rings. The Morgan fingerprint density at radius 2 is 1.72 bits per heavy atom. The van der Waals surface area contributed by atoms with E-state index in [9.17, 15) is 9.59 Å². The number of piperidine rings is 1. The van der Waals surface area contributed by atoms with Gasteiger partial charge in [-0.15, -0.1) is 0 Å². The number of nitrogens with zero attached hydrogens (tertiary/aromatic N) is 5. The molecule has 0 bridgehead atoms. The molecule has 1 fully saturated rings. The zero-order valence-electron chi connectivity index (χ0n) is 22.0. The van der Waals surface area contributed by atoms with E-state index in [0.29, 0.717) is 19.6 Å². The minimum absolute atomic E-state index is 0.0276. The highest BCUT2D eigenvalue weighted by Crippen LogP contribution is 2.34. The fraction of sp³-hybridized carbons (Fsp3) is 0.481. The fourth-order valence-corrected chi connectivity index (χ4v) is 5.09. The van der Waals surface area contributed by atoms with Gasteiger partial charge in [0.15, 0.2) is 5.82 Å². The molecule has 0 aliphatic carbocycles. The lowest BCUT2D eigenvalue weighted by molar-refractivity contribution is -0.125. The Hall–Kier alpha value is -3.62. The molecular formula is C27H37N7O2. The van der Waals surface area contributed by atoms with Crippen molar-refractivity contribution >= 4 is 23.3 Å². The number of anilines is 2. The summed E-state index contributed by atoms with van der Waals surface area (Å²) in [6.45, 7) is 12.5. The largest absolute Gasteiger partial charge is 0.356 e. The summed E-state index contributed by atoms with van der Waals surface area (Å²) in [7, 11) is 0. The molecule has 0 atom stereocenters. The van der Waals surface area contributed by atoms with Gasteiger partial charge in [-0.2, -0.15) is 10.2 Å². The number of carbonyl (C=O) groups excluding carboxylic acids is 2. The maximum absolute atomic E-state index is 12.9. The van der Waals surface area contributed by atoms with E-state index in [2.05, 4.69) is 34.5 Å². The summed E-state index contributed by atoms with van der Waals surface area (Å²) in [6, 6.07) is 9.92. The molecule has 3 heterocycles. The van der Waals surface area contributed by atoms with E-state index in [1.807, 2.05) is 53.5 Å². The standard InChI is InChI=1S/C27H37N7O2/c1-6-33-20(4)24(18(2)30-33)12-15-28-26(36)22-13-16-32(17-14-22)27-25(29-21(5)35)19(3)31-34(27)23-10-8-7-9-11-23/h7-11,22H,6,12-17H2,1-5H3,(H,28,36)(H,29,35). The Labute approximate surface area is 212 Å². The van der Waals surface area contributed by atoms with Crippen LogP contribution in [0.2, 0.25) is 0 Å². The van der Waals surface area contributed by atoms with Gasteiger partial charge in [0.05, 0.1) is 17.1 Å². The maximum atomic E-state index is 12.9. The van der Waals surface area contributed by atoms with E-state index >= 15 is 0 Å². The van der Waals surface area contributed by atoms with Gasteiger partial charge in [0.25, 0.3) is 0 Å². The molecule has 0 saturated carbocycles. The van der Waals surface area contributed by atoms with Gasteiger partial charge in [0.2, 0.25) is 11.8 Å². The van der Waals surface area contributed by atoms with Gasteiger partial charge in [-0.25, -0.2) is 4.68 Å². The van der Waals surface area contributed by atoms with Crippen molar-refractivity contribution in [2.24, 2.45) is 5.92 Å². The summed E-state index contributed by atoms with van der Waals surface area (Å²) in [6.07, 6.45) is 2.28. The summed E-state index contributed by atoms with van der Waals surface area (Å²) >= 11 is 0. The predicted octanol–water partition coefficient (Wildman–Crippen LogP) is 3.55. The van der Waals surface area contributed by atoms with Crippen LogP contribution in [-0.4, -0.2) is 51.0 Å². The first-order valence-corrected chi connectivity index (χ1v) is 12.8. The monoisotopic (exact) mass is 491 g/mol. The SMILES string of the molecule is CCn1nc(C)c(CCNC(=O)C2CCN(c3c(NC(C)=O)c(C)nn3-c3ccccc3)CC2)c1C. The van der Waals surface area contributed by atoms with Crippen molar-refractivity contribution in [3.05, 3.63) is 53.0 Å². The molecule has 0 radical (unpaired) electrons. The summed E-state index contributed by atoms with van der Waals surface area (Å²) < 4.78 is 3.90. The van der Waals surface area contributed by atoms with Gasteiger partial charge in [0, 0.05) is 44.7 Å². The highest BCUT2D eigenvalue weighted by atomic mass is 16.2. The lowest BCUT2D eigenvalue weighted by Gasteiger charge is -2.33. The number of carbonyl (C=O) groups is 2. The average molecular weight is 492 g/mol. The Kier molecular flexibility index (Phi) is 7.76. The molecular weight excluding hydrogens is 454 g/mol. The lowest BCUT2D eigenvalue weighted by atomic mass is 9.95. The normalized spacial score (nSPS) is 14.2. The second-order valence-corrected chi connectivity index (χ2v) is 9.48. The summed E-state index contributed by atoms with van der Waals surface area (Å²) in [4.78, 5) is 27.1. The second-order valence-electron chi connectivity index (χ2n) is 9.48. The van der Waals surface area contributed by atoms with Crippen LogP contribution in [0.1, 0.15) is 49.3 Å². The van der Waals surface area contributed by atoms with Crippen LogP contribution in [0.15, 0.2) is 30.3 Å². The van der Waals surface area contributed by atoms with Crippen LogP contribution < -0.4 is 15.5 Å². The molecule has 192 valence electrons. The number of hydrogen-bond donors (Lipinski definition) is 2. The predicted molar refractivity (Wildman–Crippen MR) is 142 cm³/mol. The first kappa shape index (κ1) is 25.5. The van der Waals surface area contributed by atoms with Crippen LogP contribution in [0, 0.1) is 26.7 Å². The smallest absolute Gasteiger partial charge is 0.223 e. The van der Waals surface area contributed by atoms with Gasteiger partial charge in [-0.3, -0.25) is 14.3 Å². The molecule has 2 amide bonds. The number of benzene rings is 1. The fourth-order valence-electron chi connectivity index (χ4n) is 5.09. The van der Waals surface area contributed by atoms with Crippen LogP contribution in [0.3, 0.4) is 0 Å². The molecule has 1 aromatic carbocycles. The van der Waals surface area contributed by atoms with Crippen molar-refractivity contribution in [2.45, 2.75) is 60.4 Å². The summed E-state index contributed by atoms with van der Waals surface area (Å²) in [5.74, 6) is 0.825. The van der Waals surface area contributed by atoms with E-state index in [1.165, 1.54) is 18.2 Å². The van der Waals surface area contributed by atoms with Crippen LogP contribution in [-0.2, 0) is 22.6 Å². The highest BCUT2D eigenvalue weighted by Gasteiger charge is 2.29. The first-order chi connectivity index (χ1) is 17.3. The van der Waals surface area contributed by atoms with Gasteiger partial charge < -0.3 is 15.5 Å². The van der Waals surface area contributed by atoms with E-state index in [1.54, 1.807) is 0 Å². The average Bonchev–Trinajstić information content (AvgIpc) is 3.34. The van der Waals surface area contributed by atoms with Crippen molar-refractivity contribution in [1.82, 2.24) is 24.9 Å². The highest BCUT2D eigenvalue weighted by molar-refractivity contribution is 5.93. The molecule has 0 unspecified atom stereocenters. The number of para-hydroxylation sites is 1. The number of hydrogen-bond acceptors (Lipinski definition) is 5. The number of amides is 2. The minimum atomic E-state index is -0.129. The van der Waals surface area contributed by atoms with Crippen molar-refractivity contribution in [3.8, 4) is 5.69 Å². The van der Waals surface area contributed by atoms with Crippen molar-refractivity contribution < 1.29 is 9.59 Å². The van der Waals surface area contributed by atoms with Crippen molar-refractivity contribution in [2.75, 3.05) is 29.9 Å². The Morgan fingerprint density at radius 1 is 1.03 bits per heavy atom. The van der Waals surface area contributed by atoms with Crippen LogP contribution in [0.25, 0.3) is 5.69 Å². The lowest BCUT2D eigenvalue weighted by Crippen LogP contribution is -2.42. The molecule has 4 rings (SSSR count). The number of aryl methyl sites for hydroxylation is 3.